The zero-order chi connectivity index (χ0) is 11.3. The van der Waals surface area contributed by atoms with Gasteiger partial charge in [-0.15, -0.1) is 0 Å². The van der Waals surface area contributed by atoms with E-state index in [9.17, 15) is 0 Å². The molecule has 0 aliphatic heterocycles. The first-order chi connectivity index (χ1) is 7.17. The second-order valence-corrected chi connectivity index (χ2v) is 4.05. The lowest BCUT2D eigenvalue weighted by atomic mass is 10.2. The molecule has 1 atom stereocenters. The summed E-state index contributed by atoms with van der Waals surface area (Å²) in [5, 5.41) is 14.8. The van der Waals surface area contributed by atoms with Crippen molar-refractivity contribution in [1.29, 1.82) is 0 Å². The predicted octanol–water partition coefficient (Wildman–Crippen LogP) is 1.46. The minimum Gasteiger partial charge on any atom is -0.396 e. The van der Waals surface area contributed by atoms with Gasteiger partial charge in [0.2, 0.25) is 5.95 Å². The number of halogens is 1. The second-order valence-electron chi connectivity index (χ2n) is 3.20. The number of hydrogen-bond acceptors (Lipinski definition) is 5. The summed E-state index contributed by atoms with van der Waals surface area (Å²) in [7, 11) is 1.77. The van der Waals surface area contributed by atoms with Gasteiger partial charge in [0.1, 0.15) is 5.82 Å². The van der Waals surface area contributed by atoms with E-state index < -0.39 is 0 Å². The first-order valence-corrected chi connectivity index (χ1v) is 5.54. The molecule has 0 saturated heterocycles. The molecular formula is C9H15BrN4O. The Morgan fingerprint density at radius 1 is 1.60 bits per heavy atom. The van der Waals surface area contributed by atoms with Crippen molar-refractivity contribution in [3.8, 4) is 0 Å². The Labute approximate surface area is 97.5 Å². The Morgan fingerprint density at radius 3 is 2.93 bits per heavy atom. The molecule has 1 heterocycles. The van der Waals surface area contributed by atoms with Gasteiger partial charge in [0, 0.05) is 25.9 Å². The maximum Gasteiger partial charge on any atom is 0.224 e. The van der Waals surface area contributed by atoms with Gasteiger partial charge in [-0.25, -0.2) is 4.98 Å². The molecule has 84 valence electrons. The largest absolute Gasteiger partial charge is 0.396 e. The van der Waals surface area contributed by atoms with Crippen molar-refractivity contribution >= 4 is 27.7 Å². The molecule has 0 spiro atoms. The summed E-state index contributed by atoms with van der Waals surface area (Å²) in [5.41, 5.74) is 0. The fourth-order valence-corrected chi connectivity index (χ4v) is 1.39. The number of aliphatic hydroxyl groups is 1. The molecular weight excluding hydrogens is 260 g/mol. The summed E-state index contributed by atoms with van der Waals surface area (Å²) in [5.74, 6) is 1.30. The molecule has 0 amide bonds. The van der Waals surface area contributed by atoms with E-state index in [4.69, 9.17) is 5.11 Å². The van der Waals surface area contributed by atoms with Gasteiger partial charge in [0.05, 0.1) is 4.47 Å². The van der Waals surface area contributed by atoms with Crippen LogP contribution >= 0.6 is 15.9 Å². The standard InChI is InChI=1S/C9H15BrN4O/c1-6(3-4-15)13-8-7(10)5-12-9(11-2)14-8/h5-6,15H,3-4H2,1-2H3,(H2,11,12,13,14). The molecule has 1 rings (SSSR count). The highest BCUT2D eigenvalue weighted by Gasteiger charge is 2.07. The number of anilines is 2. The van der Waals surface area contributed by atoms with Crippen molar-refractivity contribution in [3.05, 3.63) is 10.7 Å². The van der Waals surface area contributed by atoms with Crippen LogP contribution < -0.4 is 10.6 Å². The van der Waals surface area contributed by atoms with Crippen LogP contribution in [0.4, 0.5) is 11.8 Å². The third-order valence-electron chi connectivity index (χ3n) is 1.91. The molecule has 1 aromatic heterocycles. The monoisotopic (exact) mass is 274 g/mol. The minimum atomic E-state index is 0.162. The molecule has 5 nitrogen and oxygen atoms in total. The summed E-state index contributed by atoms with van der Waals surface area (Å²) in [6.45, 7) is 2.15. The molecule has 0 saturated carbocycles. The van der Waals surface area contributed by atoms with Crippen molar-refractivity contribution in [2.75, 3.05) is 24.3 Å². The summed E-state index contributed by atoms with van der Waals surface area (Å²) in [6, 6.07) is 0.172. The fourth-order valence-electron chi connectivity index (χ4n) is 1.09. The van der Waals surface area contributed by atoms with Crippen LogP contribution in [0.15, 0.2) is 10.7 Å². The van der Waals surface area contributed by atoms with E-state index in [2.05, 4.69) is 36.5 Å². The average molecular weight is 275 g/mol. The summed E-state index contributed by atoms with van der Waals surface area (Å²) in [4.78, 5) is 8.30. The molecule has 1 aromatic rings. The summed E-state index contributed by atoms with van der Waals surface area (Å²) in [6.07, 6.45) is 2.37. The molecule has 0 aliphatic rings. The molecule has 1 unspecified atom stereocenters. The van der Waals surface area contributed by atoms with Gasteiger partial charge in [-0.05, 0) is 29.3 Å². The third-order valence-corrected chi connectivity index (χ3v) is 2.49. The SMILES string of the molecule is CNc1ncc(Br)c(NC(C)CCO)n1. The van der Waals surface area contributed by atoms with E-state index in [1.165, 1.54) is 0 Å². The lowest BCUT2D eigenvalue weighted by Gasteiger charge is -2.14. The van der Waals surface area contributed by atoms with Crippen LogP contribution in [0.3, 0.4) is 0 Å². The molecule has 0 bridgehead atoms. The maximum absolute atomic E-state index is 8.79. The van der Waals surface area contributed by atoms with Gasteiger partial charge in [0.25, 0.3) is 0 Å². The third kappa shape index (κ3) is 3.64. The van der Waals surface area contributed by atoms with Crippen LogP contribution in [0.1, 0.15) is 13.3 Å². The van der Waals surface area contributed by atoms with E-state index in [0.29, 0.717) is 12.4 Å². The van der Waals surface area contributed by atoms with E-state index in [1.807, 2.05) is 6.92 Å². The number of nitrogens with one attached hydrogen (secondary N) is 2. The summed E-state index contributed by atoms with van der Waals surface area (Å²) >= 11 is 3.36. The van der Waals surface area contributed by atoms with Gasteiger partial charge in [0.15, 0.2) is 0 Å². The fraction of sp³-hybridized carbons (Fsp3) is 0.556. The van der Waals surface area contributed by atoms with Gasteiger partial charge >= 0.3 is 0 Å². The van der Waals surface area contributed by atoms with Crippen LogP contribution in [-0.4, -0.2) is 34.8 Å². The predicted molar refractivity (Wildman–Crippen MR) is 64.1 cm³/mol. The van der Waals surface area contributed by atoms with Crippen molar-refractivity contribution < 1.29 is 5.11 Å². The Bertz CT molecular complexity index is 321. The number of hydrogen-bond donors (Lipinski definition) is 3. The molecule has 0 fully saturated rings. The van der Waals surface area contributed by atoms with E-state index in [-0.39, 0.29) is 12.6 Å². The normalized spacial score (nSPS) is 12.3. The molecule has 0 aliphatic carbocycles. The van der Waals surface area contributed by atoms with Crippen LogP contribution in [0.25, 0.3) is 0 Å². The molecule has 3 N–H and O–H groups in total. The molecule has 6 heteroatoms. The van der Waals surface area contributed by atoms with Crippen LogP contribution in [0.5, 0.6) is 0 Å². The van der Waals surface area contributed by atoms with Gasteiger partial charge in [-0.2, -0.15) is 4.98 Å². The van der Waals surface area contributed by atoms with Crippen molar-refractivity contribution in [3.63, 3.8) is 0 Å². The first kappa shape index (κ1) is 12.2. The first-order valence-electron chi connectivity index (χ1n) is 4.75. The summed E-state index contributed by atoms with van der Waals surface area (Å²) < 4.78 is 0.811. The number of aliphatic hydroxyl groups excluding tert-OH is 1. The van der Waals surface area contributed by atoms with Gasteiger partial charge in [-0.3, -0.25) is 0 Å². The highest BCUT2D eigenvalue weighted by atomic mass is 79.9. The molecule has 15 heavy (non-hydrogen) atoms. The highest BCUT2D eigenvalue weighted by molar-refractivity contribution is 9.10. The molecule has 0 aromatic carbocycles. The van der Waals surface area contributed by atoms with Crippen molar-refractivity contribution in [1.82, 2.24) is 9.97 Å². The zero-order valence-corrected chi connectivity index (χ0v) is 10.4. The molecule has 0 radical (unpaired) electrons. The second kappa shape index (κ2) is 5.87. The van der Waals surface area contributed by atoms with Crippen LogP contribution in [-0.2, 0) is 0 Å². The number of aromatic nitrogens is 2. The Kier molecular flexibility index (Phi) is 4.77. The zero-order valence-electron chi connectivity index (χ0n) is 8.79. The Balaban J connectivity index is 2.74. The smallest absolute Gasteiger partial charge is 0.224 e. The number of nitrogens with zero attached hydrogens (tertiary/aromatic N) is 2. The number of rotatable bonds is 5. The quantitative estimate of drug-likeness (QED) is 0.759. The van der Waals surface area contributed by atoms with Crippen LogP contribution in [0.2, 0.25) is 0 Å². The van der Waals surface area contributed by atoms with Crippen molar-refractivity contribution in [2.24, 2.45) is 0 Å². The van der Waals surface area contributed by atoms with E-state index >= 15 is 0 Å². The van der Waals surface area contributed by atoms with Gasteiger partial charge in [-0.1, -0.05) is 0 Å². The lowest BCUT2D eigenvalue weighted by Crippen LogP contribution is -2.18. The van der Waals surface area contributed by atoms with Crippen LogP contribution in [0, 0.1) is 0 Å². The highest BCUT2D eigenvalue weighted by Crippen LogP contribution is 2.20. The Hall–Kier alpha value is -0.880. The van der Waals surface area contributed by atoms with E-state index in [0.717, 1.165) is 10.3 Å². The maximum atomic E-state index is 8.79. The average Bonchev–Trinajstić information content (AvgIpc) is 2.21. The van der Waals surface area contributed by atoms with Crippen molar-refractivity contribution in [2.45, 2.75) is 19.4 Å². The topological polar surface area (TPSA) is 70.1 Å². The minimum absolute atomic E-state index is 0.162. The lowest BCUT2D eigenvalue weighted by molar-refractivity contribution is 0.282. The van der Waals surface area contributed by atoms with Gasteiger partial charge < -0.3 is 15.7 Å². The Morgan fingerprint density at radius 2 is 2.33 bits per heavy atom. The van der Waals surface area contributed by atoms with E-state index in [1.54, 1.807) is 13.2 Å².